The molecule has 10 heteroatoms. The van der Waals surface area contributed by atoms with Crippen LogP contribution in [0.4, 0.5) is 14.6 Å². The second-order valence-electron chi connectivity index (χ2n) is 5.91. The number of amides is 2. The summed E-state index contributed by atoms with van der Waals surface area (Å²) in [5.41, 5.74) is 5.08. The van der Waals surface area contributed by atoms with Crippen LogP contribution in [0.2, 0.25) is 0 Å². The number of carbonyl (C=O) groups excluding carboxylic acids is 2. The van der Waals surface area contributed by atoms with Crippen molar-refractivity contribution in [3.8, 4) is 5.75 Å². The summed E-state index contributed by atoms with van der Waals surface area (Å²) < 4.78 is 34.7. The van der Waals surface area contributed by atoms with E-state index in [0.29, 0.717) is 6.42 Å². The molecule has 1 aromatic carbocycles. The zero-order valence-corrected chi connectivity index (χ0v) is 15.3. The molecule has 2 atom stereocenters. The highest BCUT2D eigenvalue weighted by molar-refractivity contribution is 5.94. The van der Waals surface area contributed by atoms with E-state index in [1.54, 1.807) is 0 Å². The first-order valence-electron chi connectivity index (χ1n) is 8.38. The third kappa shape index (κ3) is 5.68. The molecule has 1 aliphatic rings. The number of ether oxygens (including phenoxy) is 2. The van der Waals surface area contributed by atoms with Gasteiger partial charge >= 0.3 is 0 Å². The molecule has 2 amide bonds. The van der Waals surface area contributed by atoms with Gasteiger partial charge in [0.05, 0.1) is 25.6 Å². The fraction of sp³-hybridized carbons (Fsp3) is 0.333. The van der Waals surface area contributed by atoms with Crippen molar-refractivity contribution in [1.82, 2.24) is 9.97 Å². The van der Waals surface area contributed by atoms with E-state index in [1.807, 2.05) is 6.92 Å². The highest BCUT2D eigenvalue weighted by atomic mass is 19.2. The number of benzene rings is 1. The van der Waals surface area contributed by atoms with E-state index < -0.39 is 23.6 Å². The van der Waals surface area contributed by atoms with E-state index in [1.165, 1.54) is 31.6 Å². The van der Waals surface area contributed by atoms with Gasteiger partial charge in [0.2, 0.25) is 5.82 Å². The molecule has 2 heterocycles. The number of nitrogens with one attached hydrogen (secondary N) is 1. The number of anilines is 1. The minimum Gasteiger partial charge on any atom is -0.494 e. The minimum atomic E-state index is -0.940. The Bertz CT molecular complexity index is 850. The maximum atomic E-state index is 12.5. The lowest BCUT2D eigenvalue weighted by atomic mass is 10.2. The molecule has 0 radical (unpaired) electrons. The molecule has 28 heavy (non-hydrogen) atoms. The summed E-state index contributed by atoms with van der Waals surface area (Å²) >= 11 is 0. The van der Waals surface area contributed by atoms with E-state index >= 15 is 0 Å². The van der Waals surface area contributed by atoms with Crippen LogP contribution >= 0.6 is 0 Å². The van der Waals surface area contributed by atoms with Crippen molar-refractivity contribution in [3.05, 3.63) is 47.9 Å². The normalized spacial score (nSPS) is 18.0. The van der Waals surface area contributed by atoms with Crippen molar-refractivity contribution in [2.75, 3.05) is 12.4 Å². The standard InChI is InChI=1S/C11H14N4O3.C7H6F2O/c1-6-2-3-8(18-6)11(17)15-9-5-13-4-7(14-9)10(12)16;1-10-6-4-2-3-5(8)7(6)9/h4-6,8H,2-3H2,1H3,(H2,12,16)(H,14,15,17);2-4H,1H3/t6?,8-;/m1./s1. The van der Waals surface area contributed by atoms with Gasteiger partial charge < -0.3 is 20.5 Å². The molecule has 1 aliphatic heterocycles. The van der Waals surface area contributed by atoms with Crippen molar-refractivity contribution in [2.24, 2.45) is 5.73 Å². The highest BCUT2D eigenvalue weighted by Crippen LogP contribution is 2.20. The predicted molar refractivity (Wildman–Crippen MR) is 95.7 cm³/mol. The number of hydrogen-bond donors (Lipinski definition) is 2. The van der Waals surface area contributed by atoms with E-state index in [9.17, 15) is 18.4 Å². The number of carbonyl (C=O) groups is 2. The molecule has 1 unspecified atom stereocenters. The maximum Gasteiger partial charge on any atom is 0.268 e. The molecular weight excluding hydrogens is 374 g/mol. The number of primary amides is 1. The lowest BCUT2D eigenvalue weighted by molar-refractivity contribution is -0.126. The summed E-state index contributed by atoms with van der Waals surface area (Å²) in [6, 6.07) is 3.79. The molecule has 0 aliphatic carbocycles. The van der Waals surface area contributed by atoms with Crippen LogP contribution in [0.25, 0.3) is 0 Å². The molecule has 1 aromatic heterocycles. The topological polar surface area (TPSA) is 116 Å². The number of nitrogens with zero attached hydrogens (tertiary/aromatic N) is 2. The largest absolute Gasteiger partial charge is 0.494 e. The molecule has 1 saturated heterocycles. The Morgan fingerprint density at radius 2 is 2.04 bits per heavy atom. The molecule has 3 rings (SSSR count). The molecule has 3 N–H and O–H groups in total. The first kappa shape index (κ1) is 21.2. The fourth-order valence-electron chi connectivity index (χ4n) is 2.39. The number of methoxy groups -OCH3 is 1. The summed E-state index contributed by atoms with van der Waals surface area (Å²) in [6.45, 7) is 1.92. The first-order chi connectivity index (χ1) is 13.3. The van der Waals surface area contributed by atoms with Gasteiger partial charge in [0.1, 0.15) is 11.8 Å². The maximum absolute atomic E-state index is 12.5. The predicted octanol–water partition coefficient (Wildman–Crippen LogP) is 2.05. The molecule has 0 bridgehead atoms. The van der Waals surface area contributed by atoms with Crippen LogP contribution in [0.15, 0.2) is 30.6 Å². The average molecular weight is 394 g/mol. The molecule has 8 nitrogen and oxygen atoms in total. The third-order valence-electron chi connectivity index (χ3n) is 3.80. The van der Waals surface area contributed by atoms with E-state index in [-0.39, 0.29) is 29.3 Å². The van der Waals surface area contributed by atoms with Crippen LogP contribution in [0, 0.1) is 11.6 Å². The van der Waals surface area contributed by atoms with Crippen molar-refractivity contribution in [3.63, 3.8) is 0 Å². The summed E-state index contributed by atoms with van der Waals surface area (Å²) in [6.07, 6.45) is 3.73. The van der Waals surface area contributed by atoms with E-state index in [4.69, 9.17) is 10.5 Å². The van der Waals surface area contributed by atoms with E-state index in [2.05, 4.69) is 20.0 Å². The molecular formula is C18H20F2N4O4. The Balaban J connectivity index is 0.000000237. The van der Waals surface area contributed by atoms with E-state index in [0.717, 1.165) is 12.5 Å². The number of hydrogen-bond acceptors (Lipinski definition) is 6. The Hall–Kier alpha value is -3.14. The zero-order chi connectivity index (χ0) is 20.7. The number of nitrogens with two attached hydrogens (primary N) is 1. The van der Waals surface area contributed by atoms with Crippen LogP contribution < -0.4 is 15.8 Å². The Morgan fingerprint density at radius 3 is 2.61 bits per heavy atom. The Kier molecular flexibility index (Phi) is 7.33. The van der Waals surface area contributed by atoms with Gasteiger partial charge in [-0.3, -0.25) is 14.6 Å². The Morgan fingerprint density at radius 1 is 1.29 bits per heavy atom. The van der Waals surface area contributed by atoms with Gasteiger partial charge in [-0.15, -0.1) is 0 Å². The lowest BCUT2D eigenvalue weighted by Gasteiger charge is -2.11. The SMILES string of the molecule is CC1CC[C@H](C(=O)Nc2cncc(C(N)=O)n2)O1.COc1cccc(F)c1F. The van der Waals surface area contributed by atoms with Gasteiger partial charge in [0.25, 0.3) is 11.8 Å². The van der Waals surface area contributed by atoms with Crippen LogP contribution in [0.5, 0.6) is 5.75 Å². The summed E-state index contributed by atoms with van der Waals surface area (Å²) in [4.78, 5) is 30.4. The molecule has 150 valence electrons. The average Bonchev–Trinajstić information content (AvgIpc) is 3.11. The van der Waals surface area contributed by atoms with Gasteiger partial charge in [-0.2, -0.15) is 4.39 Å². The highest BCUT2D eigenvalue weighted by Gasteiger charge is 2.28. The van der Waals surface area contributed by atoms with Crippen molar-refractivity contribution in [1.29, 1.82) is 0 Å². The number of rotatable bonds is 4. The van der Waals surface area contributed by atoms with Gasteiger partial charge in [-0.05, 0) is 31.9 Å². The van der Waals surface area contributed by atoms with Crippen LogP contribution in [-0.2, 0) is 9.53 Å². The van der Waals surface area contributed by atoms with Crippen molar-refractivity contribution in [2.45, 2.75) is 32.0 Å². The molecule has 0 saturated carbocycles. The van der Waals surface area contributed by atoms with Crippen LogP contribution in [0.3, 0.4) is 0 Å². The quantitative estimate of drug-likeness (QED) is 0.820. The second kappa shape index (κ2) is 9.70. The van der Waals surface area contributed by atoms with Gasteiger partial charge in [0.15, 0.2) is 17.4 Å². The third-order valence-corrected chi connectivity index (χ3v) is 3.80. The number of halogens is 2. The molecule has 0 spiro atoms. The van der Waals surface area contributed by atoms with Crippen molar-refractivity contribution < 1.29 is 27.8 Å². The minimum absolute atomic E-state index is 0.00788. The number of aromatic nitrogens is 2. The first-order valence-corrected chi connectivity index (χ1v) is 8.38. The summed E-state index contributed by atoms with van der Waals surface area (Å²) in [7, 11) is 1.29. The monoisotopic (exact) mass is 394 g/mol. The fourth-order valence-corrected chi connectivity index (χ4v) is 2.39. The van der Waals surface area contributed by atoms with Gasteiger partial charge in [0, 0.05) is 0 Å². The van der Waals surface area contributed by atoms with Crippen molar-refractivity contribution >= 4 is 17.6 Å². The van der Waals surface area contributed by atoms with Gasteiger partial charge in [-0.25, -0.2) is 9.37 Å². The lowest BCUT2D eigenvalue weighted by Crippen LogP contribution is -2.28. The zero-order valence-electron chi connectivity index (χ0n) is 15.3. The summed E-state index contributed by atoms with van der Waals surface area (Å²) in [5.74, 6) is -2.68. The summed E-state index contributed by atoms with van der Waals surface area (Å²) in [5, 5.41) is 2.55. The second-order valence-corrected chi connectivity index (χ2v) is 5.91. The van der Waals surface area contributed by atoms with Gasteiger partial charge in [-0.1, -0.05) is 6.07 Å². The Labute approximate surface area is 160 Å². The van der Waals surface area contributed by atoms with Crippen LogP contribution in [0.1, 0.15) is 30.3 Å². The molecule has 2 aromatic rings. The smallest absolute Gasteiger partial charge is 0.268 e. The molecule has 1 fully saturated rings. The van der Waals surface area contributed by atoms with Crippen LogP contribution in [-0.4, -0.2) is 41.1 Å².